The largest absolute Gasteiger partial charge is 0.269 e. The van der Waals surface area contributed by atoms with Crippen LogP contribution in [0, 0.1) is 35.8 Å². The monoisotopic (exact) mass is 534 g/mol. The predicted molar refractivity (Wildman–Crippen MR) is 160 cm³/mol. The minimum atomic E-state index is 0.0137. The van der Waals surface area contributed by atoms with Crippen molar-refractivity contribution in [3.05, 3.63) is 141 Å². The lowest BCUT2D eigenvalue weighted by molar-refractivity contribution is 1.17. The van der Waals surface area contributed by atoms with E-state index in [1.165, 1.54) is 6.33 Å². The van der Waals surface area contributed by atoms with Crippen molar-refractivity contribution in [3.63, 3.8) is 0 Å². The average Bonchev–Trinajstić information content (AvgIpc) is 3.61. The Morgan fingerprint density at radius 3 is 1.62 bits per heavy atom. The molecule has 42 heavy (non-hydrogen) atoms. The first kappa shape index (κ1) is 24.7. The lowest BCUT2D eigenvalue weighted by Gasteiger charge is -2.13. The molecule has 0 radical (unpaired) electrons. The smallest absolute Gasteiger partial charge is 0.244 e. The van der Waals surface area contributed by atoms with E-state index in [2.05, 4.69) is 62.1 Å². The van der Waals surface area contributed by atoms with Crippen LogP contribution in [0.15, 0.2) is 85.5 Å². The number of fused-ring (bicyclic) bond motifs is 6. The van der Waals surface area contributed by atoms with Crippen molar-refractivity contribution in [2.45, 2.75) is 12.8 Å². The molecule has 0 spiro atoms. The molecule has 2 aliphatic carbocycles. The first-order valence-corrected chi connectivity index (χ1v) is 13.3. The lowest BCUT2D eigenvalue weighted by Crippen LogP contribution is -2.25. The molecule has 0 atom stereocenters. The summed E-state index contributed by atoms with van der Waals surface area (Å²) in [5.74, 6) is 0. The van der Waals surface area contributed by atoms with Crippen LogP contribution in [0.1, 0.15) is 22.3 Å². The van der Waals surface area contributed by atoms with Crippen molar-refractivity contribution in [2.75, 3.05) is 0 Å². The SMILES string of the molecule is [C-]#[N+]/C(C#N)=c1/c2c(/c(=C(\C#N)[N+]#[C-])c3c1-c1ccc(-c4cncnc4)cc1C3)-c1ccc(-c3ccccc3)cc1C2. The van der Waals surface area contributed by atoms with E-state index >= 15 is 0 Å². The number of nitrogens with zero attached hydrogens (tertiary/aromatic N) is 6. The molecule has 0 saturated heterocycles. The molecule has 6 heteroatoms. The highest BCUT2D eigenvalue weighted by Crippen LogP contribution is 2.42. The normalized spacial score (nSPS) is 13.2. The molecule has 0 bridgehead atoms. The van der Waals surface area contributed by atoms with Crippen LogP contribution in [0.25, 0.3) is 65.6 Å². The molecule has 0 aliphatic heterocycles. The van der Waals surface area contributed by atoms with Gasteiger partial charge in [0.2, 0.25) is 0 Å². The van der Waals surface area contributed by atoms with Gasteiger partial charge >= 0.3 is 0 Å². The topological polar surface area (TPSA) is 82.1 Å². The van der Waals surface area contributed by atoms with Crippen molar-refractivity contribution in [1.29, 1.82) is 10.5 Å². The van der Waals surface area contributed by atoms with E-state index in [4.69, 9.17) is 13.1 Å². The van der Waals surface area contributed by atoms with Crippen molar-refractivity contribution >= 4 is 11.4 Å². The molecule has 192 valence electrons. The molecule has 0 amide bonds. The van der Waals surface area contributed by atoms with E-state index in [0.29, 0.717) is 23.3 Å². The summed E-state index contributed by atoms with van der Waals surface area (Å²) < 4.78 is 0. The van der Waals surface area contributed by atoms with Crippen LogP contribution in [-0.2, 0) is 12.8 Å². The maximum Gasteiger partial charge on any atom is 0.269 e. The van der Waals surface area contributed by atoms with Crippen LogP contribution in [0.4, 0.5) is 0 Å². The van der Waals surface area contributed by atoms with Crippen LogP contribution in [0.2, 0.25) is 0 Å². The Morgan fingerprint density at radius 2 is 1.14 bits per heavy atom. The van der Waals surface area contributed by atoms with E-state index in [9.17, 15) is 10.5 Å². The summed E-state index contributed by atoms with van der Waals surface area (Å²) in [6.45, 7) is 15.8. The number of aromatic nitrogens is 2. The van der Waals surface area contributed by atoms with Gasteiger partial charge in [0.25, 0.3) is 11.4 Å². The van der Waals surface area contributed by atoms with Crippen molar-refractivity contribution < 1.29 is 0 Å². The summed E-state index contributed by atoms with van der Waals surface area (Å²) in [7, 11) is 0. The molecular formula is C36H18N6. The third kappa shape index (κ3) is 3.61. The second-order valence-electron chi connectivity index (χ2n) is 10.2. The van der Waals surface area contributed by atoms with Crippen LogP contribution < -0.4 is 10.4 Å². The number of benzene rings is 4. The lowest BCUT2D eigenvalue weighted by atomic mass is 9.90. The number of hydrogen-bond acceptors (Lipinski definition) is 4. The van der Waals surface area contributed by atoms with Crippen LogP contribution in [0.5, 0.6) is 0 Å². The van der Waals surface area contributed by atoms with E-state index in [-0.39, 0.29) is 11.4 Å². The minimum Gasteiger partial charge on any atom is -0.244 e. The van der Waals surface area contributed by atoms with Gasteiger partial charge in [0.1, 0.15) is 6.33 Å². The van der Waals surface area contributed by atoms with Gasteiger partial charge in [0.15, 0.2) is 0 Å². The second-order valence-corrected chi connectivity index (χ2v) is 10.2. The van der Waals surface area contributed by atoms with Gasteiger partial charge in [-0.15, -0.1) is 0 Å². The zero-order valence-corrected chi connectivity index (χ0v) is 22.2. The van der Waals surface area contributed by atoms with Crippen molar-refractivity contribution in [1.82, 2.24) is 9.97 Å². The number of nitriles is 2. The molecular weight excluding hydrogens is 516 g/mol. The molecule has 0 saturated carbocycles. The first-order chi connectivity index (χ1) is 20.7. The Morgan fingerprint density at radius 1 is 0.643 bits per heavy atom. The van der Waals surface area contributed by atoms with Gasteiger partial charge in [-0.2, -0.15) is 0 Å². The minimum absolute atomic E-state index is 0.0137. The van der Waals surface area contributed by atoms with Crippen LogP contribution in [0.3, 0.4) is 0 Å². The maximum absolute atomic E-state index is 10.1. The Labute approximate surface area is 242 Å². The van der Waals surface area contributed by atoms with E-state index in [1.54, 1.807) is 12.4 Å². The van der Waals surface area contributed by atoms with Crippen LogP contribution >= 0.6 is 0 Å². The summed E-state index contributed by atoms with van der Waals surface area (Å²) >= 11 is 0. The maximum atomic E-state index is 10.1. The third-order valence-corrected chi connectivity index (χ3v) is 8.10. The summed E-state index contributed by atoms with van der Waals surface area (Å²) in [5, 5.41) is 21.5. The van der Waals surface area contributed by atoms with Gasteiger partial charge in [-0.05, 0) is 74.0 Å². The van der Waals surface area contributed by atoms with Crippen LogP contribution in [-0.4, -0.2) is 9.97 Å². The molecule has 5 aromatic rings. The molecule has 2 aliphatic rings. The van der Waals surface area contributed by atoms with Crippen molar-refractivity contribution in [2.24, 2.45) is 0 Å². The molecule has 7 rings (SSSR count). The Balaban J connectivity index is 1.57. The predicted octanol–water partition coefficient (Wildman–Crippen LogP) is 6.06. The highest BCUT2D eigenvalue weighted by molar-refractivity contribution is 5.93. The van der Waals surface area contributed by atoms with Gasteiger partial charge in [0.05, 0.1) is 25.3 Å². The molecule has 6 nitrogen and oxygen atoms in total. The number of hydrogen-bond donors (Lipinski definition) is 0. The Hall–Kier alpha value is -6.34. The van der Waals surface area contributed by atoms with Crippen molar-refractivity contribution in [3.8, 4) is 56.6 Å². The fraction of sp³-hybridized carbons (Fsp3) is 0.0556. The summed E-state index contributed by atoms with van der Waals surface area (Å²) in [4.78, 5) is 15.6. The fourth-order valence-electron chi connectivity index (χ4n) is 6.38. The zero-order valence-electron chi connectivity index (χ0n) is 22.2. The number of rotatable bonds is 2. The molecule has 0 unspecified atom stereocenters. The van der Waals surface area contributed by atoms with E-state index in [1.807, 2.05) is 36.4 Å². The summed E-state index contributed by atoms with van der Waals surface area (Å²) in [6, 6.07) is 26.7. The van der Waals surface area contributed by atoms with E-state index in [0.717, 1.165) is 66.8 Å². The van der Waals surface area contributed by atoms with Gasteiger partial charge in [-0.3, -0.25) is 0 Å². The standard InChI is InChI=1S/C36H18N6/c1-39-31(16-37)35-29-14-24-12-22(21-6-4-3-5-7-21)8-10-27(24)33(29)36(32(17-38)40-2)30-15-25-13-23(9-11-28(25)34(30)35)26-18-41-20-42-19-26/h3-13,18-20H,14-15H2/b35-31-,36-32+. The molecule has 0 N–H and O–H groups in total. The molecule has 4 aromatic carbocycles. The van der Waals surface area contributed by atoms with Gasteiger partial charge in [-0.25, -0.2) is 30.2 Å². The first-order valence-electron chi connectivity index (χ1n) is 13.3. The molecule has 0 fully saturated rings. The summed E-state index contributed by atoms with van der Waals surface area (Å²) in [6.07, 6.45) is 5.96. The van der Waals surface area contributed by atoms with Gasteiger partial charge in [0, 0.05) is 28.4 Å². The highest BCUT2D eigenvalue weighted by Gasteiger charge is 2.32. The Kier molecular flexibility index (Phi) is 5.69. The van der Waals surface area contributed by atoms with E-state index < -0.39 is 0 Å². The van der Waals surface area contributed by atoms with Gasteiger partial charge in [-0.1, -0.05) is 66.7 Å². The van der Waals surface area contributed by atoms with Gasteiger partial charge < -0.3 is 0 Å². The Bertz CT molecular complexity index is 2080. The second kappa shape index (κ2) is 9.69. The summed E-state index contributed by atoms with van der Waals surface area (Å²) in [5.41, 5.74) is 11.1. The highest BCUT2D eigenvalue weighted by atomic mass is 14.8. The quantitative estimate of drug-likeness (QED) is 0.253. The fourth-order valence-corrected chi connectivity index (χ4v) is 6.38. The average molecular weight is 535 g/mol. The third-order valence-electron chi connectivity index (χ3n) is 8.10. The zero-order chi connectivity index (χ0) is 28.8. The molecule has 1 heterocycles. The molecule has 1 aromatic heterocycles.